The van der Waals surface area contributed by atoms with Crippen molar-refractivity contribution in [2.75, 3.05) is 47.4 Å². The number of benzene rings is 1. The Balaban J connectivity index is 1.47. The molecule has 3 aromatic rings. The van der Waals surface area contributed by atoms with Crippen LogP contribution in [0.2, 0.25) is 10.0 Å². The lowest BCUT2D eigenvalue weighted by atomic mass is 10.1. The highest BCUT2D eigenvalue weighted by atomic mass is 35.5. The van der Waals surface area contributed by atoms with Gasteiger partial charge in [0.2, 0.25) is 5.95 Å². The molecular weight excluding hydrogens is 462 g/mol. The minimum Gasteiger partial charge on any atom is -0.352 e. The Morgan fingerprint density at radius 2 is 1.76 bits per heavy atom. The van der Waals surface area contributed by atoms with Gasteiger partial charge in [0.15, 0.2) is 0 Å². The molecule has 2 aliphatic heterocycles. The number of hydrogen-bond donors (Lipinski definition) is 0. The van der Waals surface area contributed by atoms with Gasteiger partial charge in [-0.1, -0.05) is 23.2 Å². The highest BCUT2D eigenvalue weighted by Gasteiger charge is 2.28. The van der Waals surface area contributed by atoms with E-state index in [1.54, 1.807) is 18.3 Å². The number of rotatable bonds is 4. The third-order valence-corrected chi connectivity index (χ3v) is 6.85. The van der Waals surface area contributed by atoms with Crippen LogP contribution in [-0.4, -0.2) is 53.7 Å². The molecule has 0 saturated carbocycles. The standard InChI is InChI=1S/C24H25Cl2FN6/c1-16-15-32(23-18(25)5-4-8-28-23)11-12-33(16)22-14-21(17-6-7-20(27)19(26)13-17)29-24(30-22)31-9-2-3-10-31/h4-8,13-14,16H,2-3,9-12,15H2,1H3. The van der Waals surface area contributed by atoms with Gasteiger partial charge < -0.3 is 14.7 Å². The molecule has 1 aromatic carbocycles. The zero-order valence-electron chi connectivity index (χ0n) is 18.4. The van der Waals surface area contributed by atoms with E-state index in [4.69, 9.17) is 33.2 Å². The third kappa shape index (κ3) is 4.57. The van der Waals surface area contributed by atoms with Crippen LogP contribution in [0.15, 0.2) is 42.6 Å². The van der Waals surface area contributed by atoms with Gasteiger partial charge >= 0.3 is 0 Å². The molecule has 9 heteroatoms. The van der Waals surface area contributed by atoms with Crippen LogP contribution in [0.5, 0.6) is 0 Å². The highest BCUT2D eigenvalue weighted by molar-refractivity contribution is 6.33. The summed E-state index contributed by atoms with van der Waals surface area (Å²) in [5.74, 6) is 1.95. The Morgan fingerprint density at radius 3 is 2.48 bits per heavy atom. The van der Waals surface area contributed by atoms with E-state index in [0.717, 1.165) is 68.5 Å². The number of anilines is 3. The fourth-order valence-electron chi connectivity index (χ4n) is 4.53. The molecule has 4 heterocycles. The van der Waals surface area contributed by atoms with Gasteiger partial charge in [0.25, 0.3) is 0 Å². The summed E-state index contributed by atoms with van der Waals surface area (Å²) in [4.78, 5) is 21.0. The molecule has 33 heavy (non-hydrogen) atoms. The summed E-state index contributed by atoms with van der Waals surface area (Å²) in [6.45, 7) is 6.38. The molecule has 0 aliphatic carbocycles. The molecule has 2 fully saturated rings. The molecule has 0 radical (unpaired) electrons. The average Bonchev–Trinajstić information content (AvgIpc) is 3.36. The molecule has 2 aromatic heterocycles. The zero-order valence-corrected chi connectivity index (χ0v) is 19.9. The van der Waals surface area contributed by atoms with Crippen molar-refractivity contribution in [3.63, 3.8) is 0 Å². The number of aromatic nitrogens is 3. The number of halogens is 3. The molecule has 5 rings (SSSR count). The summed E-state index contributed by atoms with van der Waals surface area (Å²) in [5, 5.41) is 0.747. The predicted octanol–water partition coefficient (Wildman–Crippen LogP) is 5.30. The SMILES string of the molecule is CC1CN(c2ncccc2Cl)CCN1c1cc(-c2ccc(F)c(Cl)c2)nc(N2CCCC2)n1. The van der Waals surface area contributed by atoms with Crippen LogP contribution in [0.4, 0.5) is 22.0 Å². The lowest BCUT2D eigenvalue weighted by molar-refractivity contribution is 0.542. The minimum absolute atomic E-state index is 0.0876. The number of pyridine rings is 1. The smallest absolute Gasteiger partial charge is 0.227 e. The monoisotopic (exact) mass is 486 g/mol. The Kier molecular flexibility index (Phi) is 6.25. The van der Waals surface area contributed by atoms with Crippen molar-refractivity contribution in [1.29, 1.82) is 0 Å². The summed E-state index contributed by atoms with van der Waals surface area (Å²) < 4.78 is 13.8. The first-order valence-corrected chi connectivity index (χ1v) is 12.0. The molecule has 1 atom stereocenters. The van der Waals surface area contributed by atoms with Crippen LogP contribution in [0.25, 0.3) is 11.3 Å². The summed E-state index contributed by atoms with van der Waals surface area (Å²) in [6.07, 6.45) is 4.03. The van der Waals surface area contributed by atoms with E-state index in [-0.39, 0.29) is 11.1 Å². The lowest BCUT2D eigenvalue weighted by Crippen LogP contribution is -2.52. The van der Waals surface area contributed by atoms with Crippen molar-refractivity contribution in [3.05, 3.63) is 58.5 Å². The van der Waals surface area contributed by atoms with E-state index in [2.05, 4.69) is 26.6 Å². The van der Waals surface area contributed by atoms with E-state index in [1.807, 2.05) is 18.2 Å². The Morgan fingerprint density at radius 1 is 0.939 bits per heavy atom. The van der Waals surface area contributed by atoms with Crippen molar-refractivity contribution in [2.45, 2.75) is 25.8 Å². The van der Waals surface area contributed by atoms with Crippen molar-refractivity contribution in [1.82, 2.24) is 15.0 Å². The summed E-state index contributed by atoms with van der Waals surface area (Å²) in [5.41, 5.74) is 1.52. The van der Waals surface area contributed by atoms with Crippen molar-refractivity contribution in [3.8, 4) is 11.3 Å². The third-order valence-electron chi connectivity index (χ3n) is 6.27. The first kappa shape index (κ1) is 22.2. The highest BCUT2D eigenvalue weighted by Crippen LogP contribution is 2.31. The minimum atomic E-state index is -0.438. The van der Waals surface area contributed by atoms with E-state index in [0.29, 0.717) is 11.0 Å². The Labute approximate surface area is 203 Å². The van der Waals surface area contributed by atoms with Crippen LogP contribution in [0, 0.1) is 5.82 Å². The Bertz CT molecular complexity index is 1150. The van der Waals surface area contributed by atoms with Crippen molar-refractivity contribution < 1.29 is 4.39 Å². The topological polar surface area (TPSA) is 48.4 Å². The van der Waals surface area contributed by atoms with E-state index in [1.165, 1.54) is 6.07 Å². The fraction of sp³-hybridized carbons (Fsp3) is 0.375. The number of hydrogen-bond acceptors (Lipinski definition) is 6. The normalized spacial score (nSPS) is 18.8. The van der Waals surface area contributed by atoms with Crippen LogP contribution < -0.4 is 14.7 Å². The van der Waals surface area contributed by atoms with Gasteiger partial charge in [-0.25, -0.2) is 14.4 Å². The van der Waals surface area contributed by atoms with Crippen LogP contribution in [0.1, 0.15) is 19.8 Å². The van der Waals surface area contributed by atoms with Crippen LogP contribution in [0.3, 0.4) is 0 Å². The van der Waals surface area contributed by atoms with E-state index in [9.17, 15) is 4.39 Å². The molecular formula is C24H25Cl2FN6. The molecule has 0 N–H and O–H groups in total. The molecule has 0 spiro atoms. The van der Waals surface area contributed by atoms with Gasteiger partial charge in [-0.2, -0.15) is 4.98 Å². The van der Waals surface area contributed by atoms with Crippen LogP contribution in [-0.2, 0) is 0 Å². The van der Waals surface area contributed by atoms with Crippen molar-refractivity contribution >= 4 is 40.8 Å². The van der Waals surface area contributed by atoms with Gasteiger partial charge in [-0.3, -0.25) is 0 Å². The molecule has 6 nitrogen and oxygen atoms in total. The van der Waals surface area contributed by atoms with Gasteiger partial charge in [-0.05, 0) is 50.1 Å². The maximum absolute atomic E-state index is 13.8. The summed E-state index contributed by atoms with van der Waals surface area (Å²) in [7, 11) is 0. The zero-order chi connectivity index (χ0) is 22.9. The largest absolute Gasteiger partial charge is 0.352 e. The van der Waals surface area contributed by atoms with E-state index < -0.39 is 5.82 Å². The maximum atomic E-state index is 13.8. The second-order valence-electron chi connectivity index (χ2n) is 8.53. The van der Waals surface area contributed by atoms with Crippen molar-refractivity contribution in [2.24, 2.45) is 0 Å². The molecule has 2 saturated heterocycles. The number of piperazine rings is 1. The fourth-order valence-corrected chi connectivity index (χ4v) is 4.95. The quantitative estimate of drug-likeness (QED) is 0.498. The molecule has 172 valence electrons. The van der Waals surface area contributed by atoms with Gasteiger partial charge in [0, 0.05) is 56.6 Å². The molecule has 0 bridgehead atoms. The number of nitrogens with zero attached hydrogens (tertiary/aromatic N) is 6. The molecule has 1 unspecified atom stereocenters. The molecule has 2 aliphatic rings. The van der Waals surface area contributed by atoms with Crippen LogP contribution >= 0.6 is 23.2 Å². The summed E-state index contributed by atoms with van der Waals surface area (Å²) >= 11 is 12.5. The van der Waals surface area contributed by atoms with Gasteiger partial charge in [0.1, 0.15) is 17.5 Å². The van der Waals surface area contributed by atoms with Gasteiger partial charge in [0.05, 0.1) is 15.7 Å². The lowest BCUT2D eigenvalue weighted by Gasteiger charge is -2.41. The van der Waals surface area contributed by atoms with E-state index >= 15 is 0 Å². The first-order chi connectivity index (χ1) is 16.0. The first-order valence-electron chi connectivity index (χ1n) is 11.2. The van der Waals surface area contributed by atoms with Gasteiger partial charge in [-0.15, -0.1) is 0 Å². The second kappa shape index (κ2) is 9.31. The average molecular weight is 487 g/mol. The predicted molar refractivity (Wildman–Crippen MR) is 132 cm³/mol. The Hall–Kier alpha value is -2.64. The molecule has 0 amide bonds. The maximum Gasteiger partial charge on any atom is 0.227 e. The second-order valence-corrected chi connectivity index (χ2v) is 9.35. The summed E-state index contributed by atoms with van der Waals surface area (Å²) in [6, 6.07) is 10.6.